The molecule has 28 heavy (non-hydrogen) atoms. The molecule has 2 aromatic rings. The minimum Gasteiger partial charge on any atom is -0.462 e. The van der Waals surface area contributed by atoms with Gasteiger partial charge in [0.15, 0.2) is 0 Å². The fourth-order valence-corrected chi connectivity index (χ4v) is 3.49. The average molecular weight is 380 g/mol. The number of nitrogens with one attached hydrogen (secondary N) is 1. The highest BCUT2D eigenvalue weighted by atomic mass is 16.5. The summed E-state index contributed by atoms with van der Waals surface area (Å²) < 4.78 is 5.06. The molecule has 0 bridgehead atoms. The molecule has 1 heterocycles. The number of carbonyl (C=O) groups is 2. The number of likely N-dealkylation sites (tertiary alicyclic amines) is 1. The van der Waals surface area contributed by atoms with Gasteiger partial charge in [-0.3, -0.25) is 9.69 Å². The number of amides is 1. The molecule has 1 N–H and O–H groups in total. The van der Waals surface area contributed by atoms with Crippen molar-refractivity contribution in [3.05, 3.63) is 65.2 Å². The third-order valence-corrected chi connectivity index (χ3v) is 4.99. The molecule has 3 rings (SSSR count). The Morgan fingerprint density at radius 3 is 2.32 bits per heavy atom. The number of hydrogen-bond acceptors (Lipinski definition) is 4. The van der Waals surface area contributed by atoms with Gasteiger partial charge in [0.2, 0.25) is 0 Å². The molecule has 148 valence electrons. The maximum absolute atomic E-state index is 12.6. The molecule has 0 aliphatic carbocycles. The number of esters is 1. The predicted octanol–water partition coefficient (Wildman–Crippen LogP) is 4.49. The maximum atomic E-state index is 12.6. The van der Waals surface area contributed by atoms with E-state index in [2.05, 4.69) is 10.2 Å². The number of anilines is 1. The summed E-state index contributed by atoms with van der Waals surface area (Å²) in [5.74, 6) is -0.677. The van der Waals surface area contributed by atoms with Crippen molar-refractivity contribution in [2.45, 2.75) is 39.2 Å². The van der Waals surface area contributed by atoms with E-state index in [1.807, 2.05) is 24.3 Å². The van der Waals surface area contributed by atoms with Crippen LogP contribution in [0.4, 0.5) is 5.69 Å². The lowest BCUT2D eigenvalue weighted by Gasteiger charge is -2.19. The summed E-state index contributed by atoms with van der Waals surface area (Å²) >= 11 is 0. The van der Waals surface area contributed by atoms with E-state index in [-0.39, 0.29) is 5.91 Å². The number of benzene rings is 2. The highest BCUT2D eigenvalue weighted by molar-refractivity contribution is 6.08. The van der Waals surface area contributed by atoms with Crippen LogP contribution < -0.4 is 5.32 Å². The van der Waals surface area contributed by atoms with Crippen molar-refractivity contribution in [2.75, 3.05) is 25.0 Å². The Labute approximate surface area is 166 Å². The summed E-state index contributed by atoms with van der Waals surface area (Å²) in [5.41, 5.74) is 2.60. The molecule has 0 radical (unpaired) electrons. The van der Waals surface area contributed by atoms with Crippen molar-refractivity contribution in [3.63, 3.8) is 0 Å². The first-order chi connectivity index (χ1) is 13.7. The Hall–Kier alpha value is -2.66. The van der Waals surface area contributed by atoms with Crippen LogP contribution >= 0.6 is 0 Å². The van der Waals surface area contributed by atoms with E-state index in [0.717, 1.165) is 19.6 Å². The first-order valence-corrected chi connectivity index (χ1v) is 10.1. The third kappa shape index (κ3) is 5.42. The Morgan fingerprint density at radius 2 is 1.64 bits per heavy atom. The zero-order chi connectivity index (χ0) is 19.8. The van der Waals surface area contributed by atoms with Crippen LogP contribution in [0.5, 0.6) is 0 Å². The zero-order valence-corrected chi connectivity index (χ0v) is 16.4. The molecule has 1 amide bonds. The zero-order valence-electron chi connectivity index (χ0n) is 16.4. The second-order valence-corrected chi connectivity index (χ2v) is 7.11. The minimum atomic E-state index is -0.439. The highest BCUT2D eigenvalue weighted by Gasteiger charge is 2.15. The van der Waals surface area contributed by atoms with E-state index in [0.29, 0.717) is 23.4 Å². The largest absolute Gasteiger partial charge is 0.462 e. The van der Waals surface area contributed by atoms with Crippen molar-refractivity contribution in [3.8, 4) is 0 Å². The fourth-order valence-electron chi connectivity index (χ4n) is 3.49. The monoisotopic (exact) mass is 380 g/mol. The summed E-state index contributed by atoms with van der Waals surface area (Å²) in [7, 11) is 0. The molecule has 0 unspecified atom stereocenters. The smallest absolute Gasteiger partial charge is 0.340 e. The first kappa shape index (κ1) is 20.1. The van der Waals surface area contributed by atoms with Crippen molar-refractivity contribution >= 4 is 17.6 Å². The molecule has 0 saturated carbocycles. The summed E-state index contributed by atoms with van der Waals surface area (Å²) in [5, 5.41) is 2.83. The van der Waals surface area contributed by atoms with Gasteiger partial charge in [-0.05, 0) is 62.7 Å². The number of hydrogen-bond donors (Lipinski definition) is 1. The van der Waals surface area contributed by atoms with E-state index >= 15 is 0 Å². The van der Waals surface area contributed by atoms with Crippen molar-refractivity contribution in [1.29, 1.82) is 0 Å². The third-order valence-electron chi connectivity index (χ3n) is 4.99. The number of para-hydroxylation sites is 1. The molecule has 5 heteroatoms. The van der Waals surface area contributed by atoms with Gasteiger partial charge in [-0.2, -0.15) is 0 Å². The standard InChI is InChI=1S/C23H28N2O3/c1-2-28-23(27)20-9-5-6-10-21(20)24-22(26)19-13-11-18(12-14-19)17-25-15-7-3-4-8-16-25/h5-6,9-14H,2-4,7-8,15-17H2,1H3,(H,24,26). The molecule has 1 aliphatic rings. The number of carbonyl (C=O) groups excluding carboxylic acids is 2. The molecule has 0 spiro atoms. The van der Waals surface area contributed by atoms with E-state index in [9.17, 15) is 9.59 Å². The normalized spacial score (nSPS) is 14.9. The van der Waals surface area contributed by atoms with Gasteiger partial charge in [-0.25, -0.2) is 4.79 Å². The molecule has 0 atom stereocenters. The van der Waals surface area contributed by atoms with E-state index in [4.69, 9.17) is 4.74 Å². The summed E-state index contributed by atoms with van der Waals surface area (Å²) in [6.45, 7) is 5.26. The van der Waals surface area contributed by atoms with E-state index in [1.54, 1.807) is 31.2 Å². The van der Waals surface area contributed by atoms with Crippen LogP contribution in [0.3, 0.4) is 0 Å². The number of nitrogens with zero attached hydrogens (tertiary/aromatic N) is 1. The van der Waals surface area contributed by atoms with Gasteiger partial charge in [-0.15, -0.1) is 0 Å². The van der Waals surface area contributed by atoms with Crippen LogP contribution in [0.25, 0.3) is 0 Å². The summed E-state index contributed by atoms with van der Waals surface area (Å²) in [4.78, 5) is 27.2. The topological polar surface area (TPSA) is 58.6 Å². The molecule has 1 aliphatic heterocycles. The lowest BCUT2D eigenvalue weighted by Crippen LogP contribution is -2.24. The van der Waals surface area contributed by atoms with Gasteiger partial charge in [0.05, 0.1) is 17.9 Å². The molecule has 5 nitrogen and oxygen atoms in total. The maximum Gasteiger partial charge on any atom is 0.340 e. The number of rotatable bonds is 6. The Balaban J connectivity index is 1.64. The molecular weight excluding hydrogens is 352 g/mol. The van der Waals surface area contributed by atoms with Gasteiger partial charge in [0, 0.05) is 12.1 Å². The second-order valence-electron chi connectivity index (χ2n) is 7.11. The minimum absolute atomic E-state index is 0.238. The lowest BCUT2D eigenvalue weighted by atomic mass is 10.1. The first-order valence-electron chi connectivity index (χ1n) is 10.1. The van der Waals surface area contributed by atoms with Crippen LogP contribution in [-0.2, 0) is 11.3 Å². The van der Waals surface area contributed by atoms with E-state index < -0.39 is 5.97 Å². The quantitative estimate of drug-likeness (QED) is 0.750. The number of ether oxygens (including phenoxy) is 1. The van der Waals surface area contributed by atoms with Crippen molar-refractivity contribution < 1.29 is 14.3 Å². The van der Waals surface area contributed by atoms with Crippen LogP contribution in [-0.4, -0.2) is 36.5 Å². The van der Waals surface area contributed by atoms with Crippen LogP contribution in [0.2, 0.25) is 0 Å². The Kier molecular flexibility index (Phi) is 7.20. The van der Waals surface area contributed by atoms with Gasteiger partial charge in [0.1, 0.15) is 0 Å². The van der Waals surface area contributed by atoms with Crippen molar-refractivity contribution in [1.82, 2.24) is 4.90 Å². The molecule has 0 aromatic heterocycles. The van der Waals surface area contributed by atoms with Crippen molar-refractivity contribution in [2.24, 2.45) is 0 Å². The Morgan fingerprint density at radius 1 is 0.964 bits per heavy atom. The van der Waals surface area contributed by atoms with Gasteiger partial charge >= 0.3 is 5.97 Å². The SMILES string of the molecule is CCOC(=O)c1ccccc1NC(=O)c1ccc(CN2CCCCCC2)cc1. The second kappa shape index (κ2) is 10.0. The van der Waals surface area contributed by atoms with Crippen LogP contribution in [0.1, 0.15) is 58.9 Å². The molecule has 1 fully saturated rings. The summed E-state index contributed by atoms with van der Waals surface area (Å²) in [6, 6.07) is 14.6. The lowest BCUT2D eigenvalue weighted by molar-refractivity contribution is 0.0527. The van der Waals surface area contributed by atoms with Crippen LogP contribution in [0, 0.1) is 0 Å². The Bertz CT molecular complexity index is 794. The van der Waals surface area contributed by atoms with E-state index in [1.165, 1.54) is 31.2 Å². The fraction of sp³-hybridized carbons (Fsp3) is 0.391. The van der Waals surface area contributed by atoms with Crippen LogP contribution in [0.15, 0.2) is 48.5 Å². The predicted molar refractivity (Wildman–Crippen MR) is 111 cm³/mol. The van der Waals surface area contributed by atoms with Gasteiger partial charge in [-0.1, -0.05) is 37.1 Å². The highest BCUT2D eigenvalue weighted by Crippen LogP contribution is 2.18. The molecule has 2 aromatic carbocycles. The average Bonchev–Trinajstić information content (AvgIpc) is 2.98. The van der Waals surface area contributed by atoms with Gasteiger partial charge < -0.3 is 10.1 Å². The summed E-state index contributed by atoms with van der Waals surface area (Å²) in [6.07, 6.45) is 5.17. The van der Waals surface area contributed by atoms with Gasteiger partial charge in [0.25, 0.3) is 5.91 Å². The molecular formula is C23H28N2O3. The molecule has 1 saturated heterocycles.